The quantitative estimate of drug-likeness (QED) is 0.400. The summed E-state index contributed by atoms with van der Waals surface area (Å²) in [4.78, 5) is 30.9. The van der Waals surface area contributed by atoms with E-state index >= 15 is 0 Å². The molecule has 6 nitrogen and oxygen atoms in total. The molecule has 0 saturated carbocycles. The van der Waals surface area contributed by atoms with Crippen molar-refractivity contribution in [3.63, 3.8) is 0 Å². The first-order chi connectivity index (χ1) is 16.1. The lowest BCUT2D eigenvalue weighted by Crippen LogP contribution is -2.44. The fourth-order valence-electron chi connectivity index (χ4n) is 3.46. The molecule has 1 aromatic heterocycles. The molecule has 0 radical (unpaired) electrons. The Morgan fingerprint density at radius 3 is 2.36 bits per heavy atom. The first-order valence-electron chi connectivity index (χ1n) is 11.2. The van der Waals surface area contributed by atoms with Gasteiger partial charge in [0.15, 0.2) is 0 Å². The summed E-state index contributed by atoms with van der Waals surface area (Å²) in [6.45, 7) is 5.89. The number of nitrogens with one attached hydrogen (secondary N) is 1. The van der Waals surface area contributed by atoms with E-state index in [-0.39, 0.29) is 18.5 Å². The van der Waals surface area contributed by atoms with Crippen LogP contribution in [0.4, 0.5) is 10.5 Å². The Balaban J connectivity index is 1.73. The summed E-state index contributed by atoms with van der Waals surface area (Å²) in [5, 5.41) is 4.92. The Morgan fingerprint density at radius 1 is 0.909 bits per heavy atom. The minimum atomic E-state index is -0.312. The molecule has 33 heavy (non-hydrogen) atoms. The first kappa shape index (κ1) is 24.3. The van der Waals surface area contributed by atoms with E-state index in [0.29, 0.717) is 37.7 Å². The number of thiophene rings is 1. The molecule has 0 atom stereocenters. The van der Waals surface area contributed by atoms with E-state index in [0.717, 1.165) is 16.9 Å². The van der Waals surface area contributed by atoms with Crippen LogP contribution in [0.2, 0.25) is 0 Å². The van der Waals surface area contributed by atoms with E-state index in [9.17, 15) is 9.59 Å². The van der Waals surface area contributed by atoms with Gasteiger partial charge in [0.1, 0.15) is 12.3 Å². The number of carbonyl (C=O) groups excluding carboxylic acids is 2. The van der Waals surface area contributed by atoms with Gasteiger partial charge in [-0.25, -0.2) is 4.79 Å². The summed E-state index contributed by atoms with van der Waals surface area (Å²) in [6.07, 6.45) is 0.747. The summed E-state index contributed by atoms with van der Waals surface area (Å²) in [5.74, 6) is 0.522. The van der Waals surface area contributed by atoms with Crippen molar-refractivity contribution in [2.45, 2.75) is 33.4 Å². The number of ether oxygens (including phenoxy) is 1. The van der Waals surface area contributed by atoms with E-state index in [2.05, 4.69) is 5.32 Å². The number of nitrogens with zero attached hydrogens (tertiary/aromatic N) is 2. The highest BCUT2D eigenvalue weighted by atomic mass is 32.1. The highest BCUT2D eigenvalue weighted by Crippen LogP contribution is 2.24. The first-order valence-corrected chi connectivity index (χ1v) is 12.1. The minimum absolute atomic E-state index is 0.00862. The maximum absolute atomic E-state index is 13.4. The number of para-hydroxylation sites is 2. The molecular formula is C26H31N3O3S. The van der Waals surface area contributed by atoms with E-state index < -0.39 is 0 Å². The predicted octanol–water partition coefficient (Wildman–Crippen LogP) is 5.62. The van der Waals surface area contributed by atoms with Gasteiger partial charge in [-0.05, 0) is 42.5 Å². The van der Waals surface area contributed by atoms with Crippen LogP contribution in [0, 0.1) is 0 Å². The second kappa shape index (κ2) is 12.6. The van der Waals surface area contributed by atoms with Gasteiger partial charge < -0.3 is 19.9 Å². The Morgan fingerprint density at radius 2 is 1.67 bits per heavy atom. The number of benzene rings is 2. The summed E-state index contributed by atoms with van der Waals surface area (Å²) < 4.78 is 5.61. The van der Waals surface area contributed by atoms with Crippen LogP contribution in [-0.2, 0) is 17.9 Å². The summed E-state index contributed by atoms with van der Waals surface area (Å²) in [7, 11) is 0. The zero-order valence-corrected chi connectivity index (χ0v) is 20.0. The molecule has 3 rings (SSSR count). The molecule has 174 valence electrons. The molecule has 2 aromatic carbocycles. The second-order valence-electron chi connectivity index (χ2n) is 7.60. The molecular weight excluding hydrogens is 434 g/mol. The number of urea groups is 1. The van der Waals surface area contributed by atoms with Crippen molar-refractivity contribution in [1.29, 1.82) is 0 Å². The lowest BCUT2D eigenvalue weighted by atomic mass is 10.2. The standard InChI is InChI=1S/C26H31N3O3S/c1-3-16-28(26(31)27-23-14-8-9-15-24(23)32-4-2)20-25(30)29(19-22-13-10-17-33-22)18-21-11-6-5-7-12-21/h5-15,17H,3-4,16,18-20H2,1-2H3,(H,27,31). The Labute approximate surface area is 199 Å². The number of hydrogen-bond acceptors (Lipinski definition) is 4. The molecule has 0 fully saturated rings. The average Bonchev–Trinajstić information content (AvgIpc) is 3.33. The highest BCUT2D eigenvalue weighted by Gasteiger charge is 2.22. The molecule has 0 aliphatic rings. The molecule has 0 saturated heterocycles. The van der Waals surface area contributed by atoms with Gasteiger partial charge in [-0.1, -0.05) is 55.5 Å². The van der Waals surface area contributed by atoms with Crippen molar-refractivity contribution in [2.75, 3.05) is 25.0 Å². The number of hydrogen-bond donors (Lipinski definition) is 1. The minimum Gasteiger partial charge on any atom is -0.492 e. The molecule has 1 N–H and O–H groups in total. The fraction of sp³-hybridized carbons (Fsp3) is 0.308. The molecule has 0 unspecified atom stereocenters. The number of amides is 3. The molecule has 0 bridgehead atoms. The van der Waals surface area contributed by atoms with Crippen molar-refractivity contribution in [3.8, 4) is 5.75 Å². The van der Waals surface area contributed by atoms with Gasteiger partial charge in [0.25, 0.3) is 0 Å². The normalized spacial score (nSPS) is 10.5. The molecule has 3 amide bonds. The Kier molecular flexibility index (Phi) is 9.32. The van der Waals surface area contributed by atoms with Crippen molar-refractivity contribution in [2.24, 2.45) is 0 Å². The SMILES string of the molecule is CCCN(CC(=O)N(Cc1ccccc1)Cc1cccs1)C(=O)Nc1ccccc1OCC. The third kappa shape index (κ3) is 7.36. The van der Waals surface area contributed by atoms with E-state index in [1.807, 2.05) is 84.8 Å². The molecule has 0 aliphatic carbocycles. The summed E-state index contributed by atoms with van der Waals surface area (Å²) in [5.41, 5.74) is 1.65. The van der Waals surface area contributed by atoms with Crippen LogP contribution < -0.4 is 10.1 Å². The van der Waals surface area contributed by atoms with Crippen molar-refractivity contribution >= 4 is 29.0 Å². The second-order valence-corrected chi connectivity index (χ2v) is 8.63. The largest absolute Gasteiger partial charge is 0.492 e. The number of anilines is 1. The number of carbonyl (C=O) groups is 2. The van der Waals surface area contributed by atoms with Crippen molar-refractivity contribution in [3.05, 3.63) is 82.6 Å². The summed E-state index contributed by atoms with van der Waals surface area (Å²) in [6, 6.07) is 20.9. The van der Waals surface area contributed by atoms with Crippen LogP contribution in [0.15, 0.2) is 72.1 Å². The topological polar surface area (TPSA) is 61.9 Å². The van der Waals surface area contributed by atoms with E-state index in [1.165, 1.54) is 0 Å². The maximum atomic E-state index is 13.4. The molecule has 7 heteroatoms. The van der Waals surface area contributed by atoms with Crippen LogP contribution in [0.5, 0.6) is 5.75 Å². The zero-order valence-electron chi connectivity index (χ0n) is 19.2. The Bertz CT molecular complexity index is 1010. The monoisotopic (exact) mass is 465 g/mol. The molecule has 3 aromatic rings. The van der Waals surface area contributed by atoms with Crippen LogP contribution in [0.3, 0.4) is 0 Å². The third-order valence-corrected chi connectivity index (χ3v) is 5.89. The zero-order chi connectivity index (χ0) is 23.5. The van der Waals surface area contributed by atoms with Crippen LogP contribution >= 0.6 is 11.3 Å². The van der Waals surface area contributed by atoms with E-state index in [1.54, 1.807) is 22.3 Å². The van der Waals surface area contributed by atoms with Crippen LogP contribution in [0.1, 0.15) is 30.7 Å². The van der Waals surface area contributed by atoms with Crippen molar-refractivity contribution < 1.29 is 14.3 Å². The smallest absolute Gasteiger partial charge is 0.322 e. The third-order valence-electron chi connectivity index (χ3n) is 5.03. The maximum Gasteiger partial charge on any atom is 0.322 e. The fourth-order valence-corrected chi connectivity index (χ4v) is 4.18. The summed E-state index contributed by atoms with van der Waals surface area (Å²) >= 11 is 1.62. The lowest BCUT2D eigenvalue weighted by molar-refractivity contribution is -0.133. The van der Waals surface area contributed by atoms with Gasteiger partial charge >= 0.3 is 6.03 Å². The lowest BCUT2D eigenvalue weighted by Gasteiger charge is -2.28. The van der Waals surface area contributed by atoms with Gasteiger partial charge in [-0.2, -0.15) is 0 Å². The van der Waals surface area contributed by atoms with E-state index in [4.69, 9.17) is 4.74 Å². The predicted molar refractivity (Wildman–Crippen MR) is 134 cm³/mol. The van der Waals surface area contributed by atoms with Gasteiger partial charge in [-0.3, -0.25) is 4.79 Å². The van der Waals surface area contributed by atoms with Crippen LogP contribution in [-0.4, -0.2) is 41.4 Å². The highest BCUT2D eigenvalue weighted by molar-refractivity contribution is 7.09. The van der Waals surface area contributed by atoms with Gasteiger partial charge in [0.05, 0.1) is 18.8 Å². The van der Waals surface area contributed by atoms with Gasteiger partial charge in [0.2, 0.25) is 5.91 Å². The van der Waals surface area contributed by atoms with Crippen LogP contribution in [0.25, 0.3) is 0 Å². The molecule has 1 heterocycles. The van der Waals surface area contributed by atoms with Gasteiger partial charge in [0, 0.05) is 18.0 Å². The average molecular weight is 466 g/mol. The molecule has 0 spiro atoms. The Hall–Kier alpha value is -3.32. The number of rotatable bonds is 11. The molecule has 0 aliphatic heterocycles. The van der Waals surface area contributed by atoms with Gasteiger partial charge in [-0.15, -0.1) is 11.3 Å². The van der Waals surface area contributed by atoms with Crippen molar-refractivity contribution in [1.82, 2.24) is 9.80 Å².